The fourth-order valence-corrected chi connectivity index (χ4v) is 3.62. The third-order valence-corrected chi connectivity index (χ3v) is 5.17. The second-order valence-corrected chi connectivity index (χ2v) is 7.20. The predicted octanol–water partition coefficient (Wildman–Crippen LogP) is 3.90. The van der Waals surface area contributed by atoms with Gasteiger partial charge in [0.2, 0.25) is 0 Å². The summed E-state index contributed by atoms with van der Waals surface area (Å²) in [6.07, 6.45) is 4.65. The number of aryl methyl sites for hydroxylation is 1. The normalized spacial score (nSPS) is 12.7. The van der Waals surface area contributed by atoms with Crippen LogP contribution in [0, 0.1) is 6.92 Å². The zero-order chi connectivity index (χ0) is 16.2. The van der Waals surface area contributed by atoms with Crippen molar-refractivity contribution in [2.45, 2.75) is 32.9 Å². The molecule has 0 saturated carbocycles. The van der Waals surface area contributed by atoms with Crippen molar-refractivity contribution in [3.05, 3.63) is 58.9 Å². The van der Waals surface area contributed by atoms with E-state index >= 15 is 0 Å². The Labute approximate surface area is 141 Å². The molecule has 1 N–H and O–H groups in total. The number of hydrogen-bond acceptors (Lipinski definition) is 4. The van der Waals surface area contributed by atoms with Gasteiger partial charge in [-0.1, -0.05) is 0 Å². The molecule has 0 saturated heterocycles. The van der Waals surface area contributed by atoms with Crippen LogP contribution >= 0.6 is 11.3 Å². The lowest BCUT2D eigenvalue weighted by molar-refractivity contribution is 0.249. The molecular weight excluding hydrogens is 304 g/mol. The molecule has 0 aliphatic heterocycles. The molecule has 0 aliphatic rings. The quantitative estimate of drug-likeness (QED) is 0.747. The van der Waals surface area contributed by atoms with Gasteiger partial charge in [-0.2, -0.15) is 5.10 Å². The van der Waals surface area contributed by atoms with Crippen LogP contribution in [0.25, 0.3) is 10.6 Å². The first-order chi connectivity index (χ1) is 11.1. The molecule has 0 bridgehead atoms. The van der Waals surface area contributed by atoms with Crippen LogP contribution in [0.5, 0.6) is 0 Å². The number of H-pyrrole nitrogens is 1. The maximum atomic E-state index is 4.47. The minimum atomic E-state index is 0.446. The van der Waals surface area contributed by atoms with E-state index in [-0.39, 0.29) is 0 Å². The molecule has 120 valence electrons. The third-order valence-electron chi connectivity index (χ3n) is 4.06. The fourth-order valence-electron chi connectivity index (χ4n) is 2.57. The van der Waals surface area contributed by atoms with Crippen molar-refractivity contribution < 1.29 is 0 Å². The van der Waals surface area contributed by atoms with Crippen molar-refractivity contribution in [1.29, 1.82) is 0 Å². The fraction of sp³-hybridized carbons (Fsp3) is 0.333. The second-order valence-electron chi connectivity index (χ2n) is 6.03. The lowest BCUT2D eigenvalue weighted by atomic mass is 10.1. The number of nitrogens with one attached hydrogen (secondary N) is 1. The third kappa shape index (κ3) is 4.06. The van der Waals surface area contributed by atoms with Crippen LogP contribution in [0.15, 0.2) is 42.7 Å². The Morgan fingerprint density at radius 1 is 1.22 bits per heavy atom. The summed E-state index contributed by atoms with van der Waals surface area (Å²) in [5.41, 5.74) is 3.52. The van der Waals surface area contributed by atoms with Crippen LogP contribution in [0.1, 0.15) is 23.1 Å². The molecule has 0 aromatic carbocycles. The summed E-state index contributed by atoms with van der Waals surface area (Å²) < 4.78 is 0. The molecule has 1 atom stereocenters. The van der Waals surface area contributed by atoms with Gasteiger partial charge in [0.15, 0.2) is 0 Å². The van der Waals surface area contributed by atoms with E-state index in [1.54, 1.807) is 6.20 Å². The van der Waals surface area contributed by atoms with E-state index in [1.807, 2.05) is 29.7 Å². The number of pyridine rings is 1. The van der Waals surface area contributed by atoms with Crippen molar-refractivity contribution in [1.82, 2.24) is 20.1 Å². The van der Waals surface area contributed by atoms with Gasteiger partial charge in [-0.05, 0) is 56.8 Å². The SMILES string of the molecule is Cc1ccnc(C[C@H](C)N(C)Cc2ccc(-c3ccn[nH]3)s2)c1. The maximum Gasteiger partial charge on any atom is 0.0749 e. The standard InChI is InChI=1S/C18H22N4S/c1-13-6-8-19-15(10-13)11-14(2)22(3)12-16-4-5-18(23-16)17-7-9-20-21-17/h4-10,14H,11-12H2,1-3H3,(H,20,21)/t14-/m0/s1. The average molecular weight is 326 g/mol. The van der Waals surface area contributed by atoms with Crippen LogP contribution < -0.4 is 0 Å². The first kappa shape index (κ1) is 15.9. The number of nitrogens with zero attached hydrogens (tertiary/aromatic N) is 3. The van der Waals surface area contributed by atoms with E-state index in [9.17, 15) is 0 Å². The highest BCUT2D eigenvalue weighted by Crippen LogP contribution is 2.27. The summed E-state index contributed by atoms with van der Waals surface area (Å²) in [6, 6.07) is 11.0. The lowest BCUT2D eigenvalue weighted by Crippen LogP contribution is -2.30. The van der Waals surface area contributed by atoms with Gasteiger partial charge in [0, 0.05) is 42.0 Å². The van der Waals surface area contributed by atoms with E-state index < -0.39 is 0 Å². The highest BCUT2D eigenvalue weighted by Gasteiger charge is 2.13. The smallest absolute Gasteiger partial charge is 0.0749 e. The molecule has 3 aromatic rings. The van der Waals surface area contributed by atoms with Crippen molar-refractivity contribution in [2.75, 3.05) is 7.05 Å². The Morgan fingerprint density at radius 2 is 2.09 bits per heavy atom. The zero-order valence-electron chi connectivity index (χ0n) is 13.8. The maximum absolute atomic E-state index is 4.47. The molecule has 0 amide bonds. The van der Waals surface area contributed by atoms with E-state index in [0.717, 1.165) is 24.4 Å². The van der Waals surface area contributed by atoms with Gasteiger partial charge in [0.25, 0.3) is 0 Å². The molecule has 4 nitrogen and oxygen atoms in total. The number of rotatable bonds is 6. The van der Waals surface area contributed by atoms with Gasteiger partial charge in [-0.3, -0.25) is 15.0 Å². The molecule has 3 heterocycles. The number of aromatic nitrogens is 3. The Morgan fingerprint density at radius 3 is 2.83 bits per heavy atom. The van der Waals surface area contributed by atoms with Crippen molar-refractivity contribution in [3.63, 3.8) is 0 Å². The Bertz CT molecular complexity index is 748. The molecule has 0 unspecified atom stereocenters. The molecule has 0 spiro atoms. The van der Waals surface area contributed by atoms with E-state index in [4.69, 9.17) is 0 Å². The highest BCUT2D eigenvalue weighted by molar-refractivity contribution is 7.15. The lowest BCUT2D eigenvalue weighted by Gasteiger charge is -2.24. The molecule has 23 heavy (non-hydrogen) atoms. The highest BCUT2D eigenvalue weighted by atomic mass is 32.1. The largest absolute Gasteiger partial charge is 0.298 e. The molecule has 3 rings (SSSR count). The van der Waals surface area contributed by atoms with Crippen LogP contribution in [-0.2, 0) is 13.0 Å². The summed E-state index contributed by atoms with van der Waals surface area (Å²) >= 11 is 1.82. The van der Waals surface area contributed by atoms with Gasteiger partial charge in [-0.25, -0.2) is 0 Å². The van der Waals surface area contributed by atoms with Gasteiger partial charge in [0.05, 0.1) is 10.6 Å². The molecule has 5 heteroatoms. The topological polar surface area (TPSA) is 44.8 Å². The Kier molecular flexibility index (Phi) is 4.88. The van der Waals surface area contributed by atoms with Crippen LogP contribution in [0.2, 0.25) is 0 Å². The van der Waals surface area contributed by atoms with Gasteiger partial charge >= 0.3 is 0 Å². The number of likely N-dealkylation sites (N-methyl/N-ethyl adjacent to an activating group) is 1. The second kappa shape index (κ2) is 7.06. The number of thiophene rings is 1. The van der Waals surface area contributed by atoms with Crippen molar-refractivity contribution in [2.24, 2.45) is 0 Å². The van der Waals surface area contributed by atoms with Gasteiger partial charge in [-0.15, -0.1) is 11.3 Å². The van der Waals surface area contributed by atoms with Crippen LogP contribution in [0.4, 0.5) is 0 Å². The average Bonchev–Trinajstić information content (AvgIpc) is 3.17. The van der Waals surface area contributed by atoms with E-state index in [2.05, 4.69) is 59.2 Å². The predicted molar refractivity (Wildman–Crippen MR) is 95.5 cm³/mol. The van der Waals surface area contributed by atoms with Crippen LogP contribution in [0.3, 0.4) is 0 Å². The molecule has 0 radical (unpaired) electrons. The van der Waals surface area contributed by atoms with E-state index in [1.165, 1.54) is 15.3 Å². The molecule has 0 fully saturated rings. The zero-order valence-corrected chi connectivity index (χ0v) is 14.6. The number of hydrogen-bond donors (Lipinski definition) is 1. The van der Waals surface area contributed by atoms with Gasteiger partial charge in [0.1, 0.15) is 0 Å². The molecule has 3 aromatic heterocycles. The summed E-state index contributed by atoms with van der Waals surface area (Å²) in [6.45, 7) is 5.32. The minimum Gasteiger partial charge on any atom is -0.298 e. The minimum absolute atomic E-state index is 0.446. The monoisotopic (exact) mass is 326 g/mol. The van der Waals surface area contributed by atoms with Crippen LogP contribution in [-0.4, -0.2) is 33.2 Å². The van der Waals surface area contributed by atoms with Gasteiger partial charge < -0.3 is 0 Å². The summed E-state index contributed by atoms with van der Waals surface area (Å²) in [4.78, 5) is 9.45. The first-order valence-electron chi connectivity index (χ1n) is 7.82. The molecular formula is C18H22N4S. The first-order valence-corrected chi connectivity index (χ1v) is 8.63. The summed E-state index contributed by atoms with van der Waals surface area (Å²) in [5.74, 6) is 0. The Balaban J connectivity index is 1.61. The molecule has 0 aliphatic carbocycles. The summed E-state index contributed by atoms with van der Waals surface area (Å²) in [7, 11) is 2.18. The van der Waals surface area contributed by atoms with Crippen molar-refractivity contribution >= 4 is 11.3 Å². The number of aromatic amines is 1. The van der Waals surface area contributed by atoms with E-state index in [0.29, 0.717) is 6.04 Å². The Hall–Kier alpha value is -1.98. The summed E-state index contributed by atoms with van der Waals surface area (Å²) in [5, 5.41) is 7.03. The van der Waals surface area contributed by atoms with Crippen molar-refractivity contribution in [3.8, 4) is 10.6 Å².